The maximum Gasteiger partial charge on any atom is 0.343 e. The SMILES string of the molecule is CC[C@H](C)/C=C/C1=CC2=C(Cl)C(=O)[C@]3(C)OC(=O)C(C(=O)[C@H](C)[C@@H](C)O)=C3C2=CO1. The molecule has 0 aromatic carbocycles. The van der Waals surface area contributed by atoms with E-state index in [-0.39, 0.29) is 16.2 Å². The van der Waals surface area contributed by atoms with Gasteiger partial charge in [0, 0.05) is 22.6 Å². The van der Waals surface area contributed by atoms with Gasteiger partial charge in [-0.3, -0.25) is 9.59 Å². The zero-order chi connectivity index (χ0) is 22.4. The van der Waals surface area contributed by atoms with E-state index in [4.69, 9.17) is 21.1 Å². The van der Waals surface area contributed by atoms with Gasteiger partial charge in [-0.05, 0) is 31.9 Å². The van der Waals surface area contributed by atoms with Gasteiger partial charge in [0.15, 0.2) is 11.4 Å². The summed E-state index contributed by atoms with van der Waals surface area (Å²) < 4.78 is 11.1. The van der Waals surface area contributed by atoms with E-state index in [1.54, 1.807) is 12.2 Å². The quantitative estimate of drug-likeness (QED) is 0.509. The summed E-state index contributed by atoms with van der Waals surface area (Å²) in [5.74, 6) is -2.12. The van der Waals surface area contributed by atoms with Crippen LogP contribution in [0.3, 0.4) is 0 Å². The fourth-order valence-corrected chi connectivity index (χ4v) is 3.82. The third-order valence-corrected chi connectivity index (χ3v) is 6.25. The van der Waals surface area contributed by atoms with Gasteiger partial charge in [0.25, 0.3) is 0 Å². The number of allylic oxidation sites excluding steroid dienone is 4. The standard InChI is InChI=1S/C23H25ClO6/c1-6-11(2)7-8-14-9-15-16(10-29-14)18-17(20(26)12(3)13(4)25)22(28)30-23(18,5)21(27)19(15)24/h7-13,25H,6H2,1-5H3/b8-7+/t11-,12+,13+,23+/m0/s1. The van der Waals surface area contributed by atoms with Crippen molar-refractivity contribution in [3.8, 4) is 0 Å². The Balaban J connectivity index is 2.15. The third kappa shape index (κ3) is 3.48. The van der Waals surface area contributed by atoms with Gasteiger partial charge >= 0.3 is 5.97 Å². The van der Waals surface area contributed by atoms with Crippen LogP contribution in [0.1, 0.15) is 41.0 Å². The van der Waals surface area contributed by atoms with Gasteiger partial charge in [-0.25, -0.2) is 4.79 Å². The second-order valence-corrected chi connectivity index (χ2v) is 8.44. The van der Waals surface area contributed by atoms with E-state index in [9.17, 15) is 19.5 Å². The number of halogens is 1. The van der Waals surface area contributed by atoms with E-state index < -0.39 is 35.2 Å². The van der Waals surface area contributed by atoms with Gasteiger partial charge < -0.3 is 14.6 Å². The molecule has 4 atom stereocenters. The summed E-state index contributed by atoms with van der Waals surface area (Å²) in [6.07, 6.45) is 6.76. The van der Waals surface area contributed by atoms with E-state index in [0.29, 0.717) is 22.8 Å². The van der Waals surface area contributed by atoms with Crippen molar-refractivity contribution in [1.82, 2.24) is 0 Å². The minimum absolute atomic E-state index is 0.0877. The Morgan fingerprint density at radius 1 is 1.30 bits per heavy atom. The monoisotopic (exact) mass is 432 g/mol. The normalized spacial score (nSPS) is 26.5. The van der Waals surface area contributed by atoms with Crippen LogP contribution in [0.2, 0.25) is 0 Å². The highest BCUT2D eigenvalue weighted by atomic mass is 35.5. The highest BCUT2D eigenvalue weighted by Gasteiger charge is 2.57. The number of ketones is 2. The Morgan fingerprint density at radius 2 is 1.97 bits per heavy atom. The number of rotatable bonds is 6. The van der Waals surface area contributed by atoms with Crippen molar-refractivity contribution in [2.45, 2.75) is 52.7 Å². The van der Waals surface area contributed by atoms with Crippen LogP contribution in [0.5, 0.6) is 0 Å². The van der Waals surface area contributed by atoms with Crippen molar-refractivity contribution in [1.29, 1.82) is 0 Å². The number of Topliss-reactive ketones (excluding diaryl/α,β-unsaturated/α-hetero) is 2. The van der Waals surface area contributed by atoms with E-state index >= 15 is 0 Å². The predicted octanol–water partition coefficient (Wildman–Crippen LogP) is 3.66. The Labute approximate surface area is 180 Å². The minimum atomic E-state index is -1.71. The number of hydrogen-bond acceptors (Lipinski definition) is 6. The van der Waals surface area contributed by atoms with Gasteiger partial charge in [0.2, 0.25) is 5.78 Å². The lowest BCUT2D eigenvalue weighted by atomic mass is 9.74. The fraction of sp³-hybridized carbons (Fsp3) is 0.435. The van der Waals surface area contributed by atoms with E-state index in [1.807, 2.05) is 6.08 Å². The molecule has 1 aliphatic carbocycles. The zero-order valence-electron chi connectivity index (χ0n) is 17.6. The second-order valence-electron chi connectivity index (χ2n) is 8.06. The molecular weight excluding hydrogens is 408 g/mol. The molecular formula is C23H25ClO6. The molecule has 2 heterocycles. The number of ether oxygens (including phenoxy) is 2. The molecule has 1 N–H and O–H groups in total. The molecule has 3 rings (SSSR count). The molecule has 0 aromatic heterocycles. The van der Waals surface area contributed by atoms with E-state index in [0.717, 1.165) is 6.42 Å². The Morgan fingerprint density at radius 3 is 2.57 bits per heavy atom. The summed E-state index contributed by atoms with van der Waals surface area (Å²) in [4.78, 5) is 38.6. The first-order valence-corrected chi connectivity index (χ1v) is 10.3. The lowest BCUT2D eigenvalue weighted by Crippen LogP contribution is -2.42. The van der Waals surface area contributed by atoms with Gasteiger partial charge in [0.1, 0.15) is 11.3 Å². The smallest absolute Gasteiger partial charge is 0.343 e. The first-order chi connectivity index (χ1) is 14.0. The molecule has 0 saturated heterocycles. The summed E-state index contributed by atoms with van der Waals surface area (Å²) in [6, 6.07) is 0. The van der Waals surface area contributed by atoms with Crippen LogP contribution in [-0.2, 0) is 23.9 Å². The van der Waals surface area contributed by atoms with Crippen molar-refractivity contribution in [3.63, 3.8) is 0 Å². The molecule has 7 heteroatoms. The van der Waals surface area contributed by atoms with Crippen LogP contribution in [0.4, 0.5) is 0 Å². The van der Waals surface area contributed by atoms with Crippen LogP contribution in [-0.4, -0.2) is 34.3 Å². The molecule has 3 aliphatic rings. The van der Waals surface area contributed by atoms with Crippen molar-refractivity contribution >= 4 is 29.1 Å². The molecule has 2 aliphatic heterocycles. The Bertz CT molecular complexity index is 978. The Hall–Kier alpha value is -2.44. The predicted molar refractivity (Wildman–Crippen MR) is 111 cm³/mol. The molecule has 160 valence electrons. The van der Waals surface area contributed by atoms with E-state index in [2.05, 4.69) is 13.8 Å². The molecule has 0 amide bonds. The topological polar surface area (TPSA) is 89.9 Å². The summed E-state index contributed by atoms with van der Waals surface area (Å²) in [5, 5.41) is 9.75. The second kappa shape index (κ2) is 8.00. The number of hydrogen-bond donors (Lipinski definition) is 1. The lowest BCUT2D eigenvalue weighted by Gasteiger charge is -2.33. The first-order valence-electron chi connectivity index (χ1n) is 9.95. The molecule has 0 fully saturated rings. The highest BCUT2D eigenvalue weighted by Crippen LogP contribution is 2.49. The van der Waals surface area contributed by atoms with Crippen molar-refractivity contribution in [3.05, 3.63) is 57.6 Å². The largest absolute Gasteiger partial charge is 0.464 e. The van der Waals surface area contributed by atoms with E-state index in [1.165, 1.54) is 27.0 Å². The summed E-state index contributed by atoms with van der Waals surface area (Å²) >= 11 is 6.37. The number of aliphatic hydroxyl groups excluding tert-OH is 1. The maximum atomic E-state index is 13.0. The molecule has 6 nitrogen and oxygen atoms in total. The Kier molecular flexibility index (Phi) is 5.94. The van der Waals surface area contributed by atoms with Gasteiger partial charge in [-0.15, -0.1) is 0 Å². The summed E-state index contributed by atoms with van der Waals surface area (Å²) in [6.45, 7) is 8.53. The number of esters is 1. The molecule has 0 spiro atoms. The lowest BCUT2D eigenvalue weighted by molar-refractivity contribution is -0.153. The van der Waals surface area contributed by atoms with Crippen LogP contribution >= 0.6 is 11.6 Å². The fourth-order valence-electron chi connectivity index (χ4n) is 3.48. The molecule has 0 unspecified atom stereocenters. The third-order valence-electron chi connectivity index (χ3n) is 5.87. The van der Waals surface area contributed by atoms with Crippen molar-refractivity contribution in [2.24, 2.45) is 11.8 Å². The summed E-state index contributed by atoms with van der Waals surface area (Å²) in [7, 11) is 0. The van der Waals surface area contributed by atoms with Crippen LogP contribution in [0.15, 0.2) is 57.6 Å². The van der Waals surface area contributed by atoms with Crippen LogP contribution < -0.4 is 0 Å². The number of carbonyl (C=O) groups is 3. The average Bonchev–Trinajstić information content (AvgIpc) is 3.00. The zero-order valence-corrected chi connectivity index (χ0v) is 18.4. The van der Waals surface area contributed by atoms with Gasteiger partial charge in [-0.1, -0.05) is 44.9 Å². The minimum Gasteiger partial charge on any atom is -0.464 e. The van der Waals surface area contributed by atoms with Crippen molar-refractivity contribution < 1.29 is 29.0 Å². The highest BCUT2D eigenvalue weighted by molar-refractivity contribution is 6.46. The maximum absolute atomic E-state index is 13.0. The molecule has 30 heavy (non-hydrogen) atoms. The summed E-state index contributed by atoms with van der Waals surface area (Å²) in [5.41, 5.74) is -1.10. The number of aliphatic hydroxyl groups is 1. The molecule has 0 bridgehead atoms. The van der Waals surface area contributed by atoms with Crippen molar-refractivity contribution in [2.75, 3.05) is 0 Å². The molecule has 0 saturated carbocycles. The van der Waals surface area contributed by atoms with Gasteiger partial charge in [0.05, 0.1) is 17.4 Å². The average molecular weight is 433 g/mol. The first kappa shape index (κ1) is 22.2. The van der Waals surface area contributed by atoms with Gasteiger partial charge in [-0.2, -0.15) is 0 Å². The van der Waals surface area contributed by atoms with Crippen LogP contribution in [0, 0.1) is 11.8 Å². The molecule has 0 radical (unpaired) electrons. The molecule has 0 aromatic rings. The van der Waals surface area contributed by atoms with Crippen LogP contribution in [0.25, 0.3) is 0 Å². The number of carbonyl (C=O) groups excluding carboxylic acids is 3. The number of fused-ring (bicyclic) bond motifs is 3.